The van der Waals surface area contributed by atoms with E-state index in [1.165, 1.54) is 12.8 Å². The Balaban J connectivity index is 2.15. The van der Waals surface area contributed by atoms with Gasteiger partial charge in [0.2, 0.25) is 5.89 Å². The van der Waals surface area contributed by atoms with E-state index < -0.39 is 0 Å². The first-order chi connectivity index (χ1) is 8.63. The Hall–Kier alpha value is -0.940. The fourth-order valence-electron chi connectivity index (χ4n) is 2.53. The van der Waals surface area contributed by atoms with E-state index >= 15 is 0 Å². The average molecular weight is 252 g/mol. The van der Waals surface area contributed by atoms with Crippen LogP contribution < -0.4 is 5.32 Å². The van der Waals surface area contributed by atoms with Crippen molar-refractivity contribution in [3.8, 4) is 0 Å². The third kappa shape index (κ3) is 2.72. The number of nitrogens with one attached hydrogen (secondary N) is 1. The van der Waals surface area contributed by atoms with Crippen LogP contribution in [0, 0.1) is 0 Å². The van der Waals surface area contributed by atoms with E-state index in [9.17, 15) is 0 Å². The lowest BCUT2D eigenvalue weighted by Crippen LogP contribution is -2.39. The summed E-state index contributed by atoms with van der Waals surface area (Å²) in [4.78, 5) is 7.03. The monoisotopic (exact) mass is 252 g/mol. The molecule has 2 atom stereocenters. The highest BCUT2D eigenvalue weighted by molar-refractivity contribution is 4.99. The minimum atomic E-state index is 0.113. The molecule has 2 heterocycles. The number of hydrogen-bond donors (Lipinski definition) is 1. The van der Waals surface area contributed by atoms with Crippen LogP contribution in [0.3, 0.4) is 0 Å². The van der Waals surface area contributed by atoms with Gasteiger partial charge in [-0.1, -0.05) is 11.6 Å². The molecule has 0 spiro atoms. The molecule has 0 amide bonds. The largest absolute Gasteiger partial charge is 0.338 e. The molecule has 5 heteroatoms. The van der Waals surface area contributed by atoms with Crippen molar-refractivity contribution in [3.05, 3.63) is 11.7 Å². The van der Waals surface area contributed by atoms with Crippen LogP contribution in [0.5, 0.6) is 0 Å². The van der Waals surface area contributed by atoms with Gasteiger partial charge in [-0.3, -0.25) is 4.90 Å². The molecule has 0 bridgehead atoms. The van der Waals surface area contributed by atoms with Gasteiger partial charge in [0.1, 0.15) is 0 Å². The molecule has 2 rings (SSSR count). The van der Waals surface area contributed by atoms with Crippen LogP contribution in [0.4, 0.5) is 0 Å². The molecule has 5 nitrogen and oxygen atoms in total. The van der Waals surface area contributed by atoms with Gasteiger partial charge in [-0.05, 0) is 47.2 Å². The van der Waals surface area contributed by atoms with Crippen LogP contribution in [0.1, 0.15) is 63.8 Å². The Bertz CT molecular complexity index is 377. The van der Waals surface area contributed by atoms with Crippen molar-refractivity contribution >= 4 is 0 Å². The van der Waals surface area contributed by atoms with Crippen LogP contribution in [-0.4, -0.2) is 34.7 Å². The van der Waals surface area contributed by atoms with Gasteiger partial charge in [0, 0.05) is 6.04 Å². The minimum Gasteiger partial charge on any atom is -0.338 e. The summed E-state index contributed by atoms with van der Waals surface area (Å²) in [7, 11) is 1.90. The van der Waals surface area contributed by atoms with Gasteiger partial charge >= 0.3 is 0 Å². The van der Waals surface area contributed by atoms with Gasteiger partial charge in [-0.2, -0.15) is 4.98 Å². The Kier molecular flexibility index (Phi) is 4.35. The highest BCUT2D eigenvalue weighted by atomic mass is 16.5. The highest BCUT2D eigenvalue weighted by Crippen LogP contribution is 2.31. The lowest BCUT2D eigenvalue weighted by molar-refractivity contribution is 0.104. The molecule has 0 aromatic carbocycles. The van der Waals surface area contributed by atoms with Crippen LogP contribution in [0.2, 0.25) is 0 Å². The van der Waals surface area contributed by atoms with E-state index in [2.05, 4.69) is 34.2 Å². The van der Waals surface area contributed by atoms with Crippen LogP contribution in [0.15, 0.2) is 4.52 Å². The molecule has 1 saturated heterocycles. The zero-order chi connectivity index (χ0) is 13.1. The topological polar surface area (TPSA) is 54.2 Å². The summed E-state index contributed by atoms with van der Waals surface area (Å²) in [6.45, 7) is 7.62. The third-order valence-electron chi connectivity index (χ3n) is 3.77. The molecule has 0 saturated carbocycles. The summed E-state index contributed by atoms with van der Waals surface area (Å²) in [5.74, 6) is 1.53. The van der Waals surface area contributed by atoms with Gasteiger partial charge in [0.25, 0.3) is 0 Å². The van der Waals surface area contributed by atoms with E-state index in [-0.39, 0.29) is 6.04 Å². The molecule has 2 unspecified atom stereocenters. The van der Waals surface area contributed by atoms with Crippen LogP contribution >= 0.6 is 0 Å². The maximum Gasteiger partial charge on any atom is 0.243 e. The Morgan fingerprint density at radius 1 is 1.33 bits per heavy atom. The molecule has 1 aliphatic rings. The first-order valence-corrected chi connectivity index (χ1v) is 6.90. The summed E-state index contributed by atoms with van der Waals surface area (Å²) in [6.07, 6.45) is 3.65. The number of likely N-dealkylation sites (tertiary alicyclic amines) is 1. The minimum absolute atomic E-state index is 0.113. The summed E-state index contributed by atoms with van der Waals surface area (Å²) in [5.41, 5.74) is 0. The number of piperidine rings is 1. The average Bonchev–Trinajstić information content (AvgIpc) is 2.87. The quantitative estimate of drug-likeness (QED) is 0.891. The molecular weight excluding hydrogens is 228 g/mol. The van der Waals surface area contributed by atoms with E-state index in [1.54, 1.807) is 0 Å². The van der Waals surface area contributed by atoms with Crippen molar-refractivity contribution in [2.45, 2.75) is 58.2 Å². The normalized spacial score (nSPS) is 23.5. The fourth-order valence-corrected chi connectivity index (χ4v) is 2.53. The lowest BCUT2D eigenvalue weighted by atomic mass is 10.00. The molecule has 0 aliphatic carbocycles. The zero-order valence-electron chi connectivity index (χ0n) is 11.8. The number of aromatic nitrogens is 2. The number of rotatable bonds is 4. The van der Waals surface area contributed by atoms with Crippen molar-refractivity contribution in [2.24, 2.45) is 0 Å². The fraction of sp³-hybridized carbons (Fsp3) is 0.846. The van der Waals surface area contributed by atoms with Crippen molar-refractivity contribution in [3.63, 3.8) is 0 Å². The van der Waals surface area contributed by atoms with Crippen molar-refractivity contribution in [2.75, 3.05) is 13.6 Å². The standard InChI is InChI=1S/C13H24N4O/c1-9(2)17-8-6-5-7-11(17)12-15-13(18-16-12)10(3)14-4/h9-11,14H,5-8H2,1-4H3. The van der Waals surface area contributed by atoms with Gasteiger partial charge in [-0.15, -0.1) is 0 Å². The molecule has 18 heavy (non-hydrogen) atoms. The second-order valence-corrected chi connectivity index (χ2v) is 5.34. The third-order valence-corrected chi connectivity index (χ3v) is 3.77. The second kappa shape index (κ2) is 5.80. The summed E-state index contributed by atoms with van der Waals surface area (Å²) >= 11 is 0. The predicted molar refractivity (Wildman–Crippen MR) is 70.2 cm³/mol. The van der Waals surface area contributed by atoms with Crippen molar-refractivity contribution < 1.29 is 4.52 Å². The van der Waals surface area contributed by atoms with Crippen molar-refractivity contribution in [1.29, 1.82) is 0 Å². The zero-order valence-corrected chi connectivity index (χ0v) is 11.8. The highest BCUT2D eigenvalue weighted by Gasteiger charge is 2.30. The number of nitrogens with zero attached hydrogens (tertiary/aromatic N) is 3. The summed E-state index contributed by atoms with van der Waals surface area (Å²) < 4.78 is 5.35. The molecule has 1 fully saturated rings. The van der Waals surface area contributed by atoms with Gasteiger partial charge in [-0.25, -0.2) is 0 Å². The lowest BCUT2D eigenvalue weighted by Gasteiger charge is -2.36. The first-order valence-electron chi connectivity index (χ1n) is 6.90. The molecule has 102 valence electrons. The molecular formula is C13H24N4O. The molecule has 1 N–H and O–H groups in total. The Labute approximate surface area is 109 Å². The van der Waals surface area contributed by atoms with E-state index in [0.717, 1.165) is 18.8 Å². The SMILES string of the molecule is CNC(C)c1nc(C2CCCCN2C(C)C)no1. The van der Waals surface area contributed by atoms with E-state index in [0.29, 0.717) is 18.0 Å². The maximum absolute atomic E-state index is 5.35. The molecule has 1 aromatic heterocycles. The van der Waals surface area contributed by atoms with Gasteiger partial charge < -0.3 is 9.84 Å². The Morgan fingerprint density at radius 3 is 2.78 bits per heavy atom. The molecule has 1 aromatic rings. The molecule has 1 aliphatic heterocycles. The smallest absolute Gasteiger partial charge is 0.243 e. The summed E-state index contributed by atoms with van der Waals surface area (Å²) in [5, 5.41) is 7.30. The van der Waals surface area contributed by atoms with Crippen LogP contribution in [-0.2, 0) is 0 Å². The first kappa shape index (κ1) is 13.5. The van der Waals surface area contributed by atoms with E-state index in [4.69, 9.17) is 4.52 Å². The van der Waals surface area contributed by atoms with Crippen LogP contribution in [0.25, 0.3) is 0 Å². The van der Waals surface area contributed by atoms with E-state index in [1.807, 2.05) is 14.0 Å². The maximum atomic E-state index is 5.35. The predicted octanol–water partition coefficient (Wildman–Crippen LogP) is 2.29. The molecule has 0 radical (unpaired) electrons. The van der Waals surface area contributed by atoms with Crippen molar-refractivity contribution in [1.82, 2.24) is 20.4 Å². The second-order valence-electron chi connectivity index (χ2n) is 5.34. The van der Waals surface area contributed by atoms with Gasteiger partial charge in [0.05, 0.1) is 12.1 Å². The van der Waals surface area contributed by atoms with Gasteiger partial charge in [0.15, 0.2) is 5.82 Å². The Morgan fingerprint density at radius 2 is 2.11 bits per heavy atom. The summed E-state index contributed by atoms with van der Waals surface area (Å²) in [6, 6.07) is 0.960. The number of hydrogen-bond acceptors (Lipinski definition) is 5.